The zero-order valence-electron chi connectivity index (χ0n) is 20.2. The molecule has 1 aliphatic heterocycles. The summed E-state index contributed by atoms with van der Waals surface area (Å²) in [6.07, 6.45) is 11.5. The number of likely N-dealkylation sites (tertiary alicyclic amines) is 1. The highest BCUT2D eigenvalue weighted by Crippen LogP contribution is 2.35. The number of benzene rings is 2. The molecule has 0 N–H and O–H groups in total. The Morgan fingerprint density at radius 3 is 2.19 bits per heavy atom. The zero-order chi connectivity index (χ0) is 24.9. The van der Waals surface area contributed by atoms with Crippen LogP contribution < -0.4 is 9.47 Å². The van der Waals surface area contributed by atoms with Crippen LogP contribution in [0.5, 0.6) is 11.5 Å². The molecule has 0 radical (unpaired) electrons. The predicted octanol–water partition coefficient (Wildman–Crippen LogP) is 5.45. The minimum Gasteiger partial charge on any atom is -0.493 e. The van der Waals surface area contributed by atoms with Gasteiger partial charge in [0.05, 0.1) is 30.9 Å². The fraction of sp³-hybridized carbons (Fsp3) is 0.233. The molecular formula is C30H28N2O4. The topological polar surface area (TPSA) is 68.7 Å². The molecule has 1 saturated heterocycles. The van der Waals surface area contributed by atoms with Gasteiger partial charge in [0, 0.05) is 12.4 Å². The van der Waals surface area contributed by atoms with Crippen LogP contribution in [0.1, 0.15) is 42.4 Å². The number of rotatable bonds is 7. The minimum atomic E-state index is -0.329. The number of hydrogen-bond donors (Lipinski definition) is 0. The molecule has 6 nitrogen and oxygen atoms in total. The van der Waals surface area contributed by atoms with Crippen LogP contribution in [0.4, 0.5) is 0 Å². The molecule has 0 spiro atoms. The maximum atomic E-state index is 13.5. The number of nitrogens with zero attached hydrogens (tertiary/aromatic N) is 2. The highest BCUT2D eigenvalue weighted by atomic mass is 16.5. The van der Waals surface area contributed by atoms with E-state index in [9.17, 15) is 9.59 Å². The smallest absolute Gasteiger partial charge is 0.261 e. The summed E-state index contributed by atoms with van der Waals surface area (Å²) in [6, 6.07) is 18.8. The van der Waals surface area contributed by atoms with Crippen molar-refractivity contribution >= 4 is 24.0 Å². The van der Waals surface area contributed by atoms with E-state index in [2.05, 4.69) is 4.98 Å². The van der Waals surface area contributed by atoms with Crippen molar-refractivity contribution in [3.8, 4) is 11.5 Å². The standard InChI is InChI=1S/C30H28N2O4/c1-35-28-19-23(11-12-27(28)36-24-9-5-6-10-24)18-26-25(17-21-7-3-2-4-8-21)29(33)32(30(26)34)20-22-13-15-31-16-14-22/h2-4,7-8,11-19,24H,5-6,9-10,20H2,1H3/b25-17+,26-18-. The number of ether oxygens (including phenoxy) is 2. The van der Waals surface area contributed by atoms with Crippen LogP contribution >= 0.6 is 0 Å². The molecule has 2 aromatic carbocycles. The van der Waals surface area contributed by atoms with Gasteiger partial charge in [0.2, 0.25) is 0 Å². The number of hydrogen-bond acceptors (Lipinski definition) is 5. The van der Waals surface area contributed by atoms with Crippen LogP contribution in [0.3, 0.4) is 0 Å². The van der Waals surface area contributed by atoms with E-state index in [1.54, 1.807) is 43.8 Å². The third-order valence-corrected chi connectivity index (χ3v) is 6.54. The van der Waals surface area contributed by atoms with E-state index in [-0.39, 0.29) is 24.5 Å². The molecule has 3 aromatic rings. The molecule has 1 aromatic heterocycles. The highest BCUT2D eigenvalue weighted by Gasteiger charge is 2.38. The first-order valence-corrected chi connectivity index (χ1v) is 12.2. The van der Waals surface area contributed by atoms with Crippen molar-refractivity contribution in [1.82, 2.24) is 9.88 Å². The van der Waals surface area contributed by atoms with E-state index < -0.39 is 0 Å². The van der Waals surface area contributed by atoms with Gasteiger partial charge in [0.1, 0.15) is 0 Å². The van der Waals surface area contributed by atoms with Crippen LogP contribution in [-0.4, -0.2) is 34.9 Å². The largest absolute Gasteiger partial charge is 0.493 e. The Hall–Kier alpha value is -4.19. The second kappa shape index (κ2) is 10.6. The lowest BCUT2D eigenvalue weighted by molar-refractivity contribution is -0.137. The lowest BCUT2D eigenvalue weighted by Gasteiger charge is -2.16. The Labute approximate surface area is 210 Å². The first kappa shape index (κ1) is 23.5. The average molecular weight is 481 g/mol. The Balaban J connectivity index is 1.50. The summed E-state index contributed by atoms with van der Waals surface area (Å²) < 4.78 is 11.7. The van der Waals surface area contributed by atoms with Gasteiger partial charge in [-0.15, -0.1) is 0 Å². The van der Waals surface area contributed by atoms with Crippen molar-refractivity contribution in [2.75, 3.05) is 7.11 Å². The van der Waals surface area contributed by atoms with Gasteiger partial charge in [-0.1, -0.05) is 36.4 Å². The Morgan fingerprint density at radius 1 is 0.861 bits per heavy atom. The van der Waals surface area contributed by atoms with Crippen LogP contribution in [0.2, 0.25) is 0 Å². The van der Waals surface area contributed by atoms with Gasteiger partial charge in [-0.25, -0.2) is 0 Å². The summed E-state index contributed by atoms with van der Waals surface area (Å²) in [5, 5.41) is 0. The van der Waals surface area contributed by atoms with Crippen LogP contribution in [0.15, 0.2) is 84.2 Å². The van der Waals surface area contributed by atoms with Crippen molar-refractivity contribution in [2.45, 2.75) is 38.3 Å². The molecule has 0 unspecified atom stereocenters. The van der Waals surface area contributed by atoms with E-state index >= 15 is 0 Å². The van der Waals surface area contributed by atoms with Gasteiger partial charge >= 0.3 is 0 Å². The SMILES string of the molecule is COc1cc(/C=C2\C(=O)N(Cc3ccncc3)C(=O)\C2=C\c2ccccc2)ccc1OC1CCCC1. The van der Waals surface area contributed by atoms with Gasteiger partial charge in [-0.05, 0) is 78.8 Å². The summed E-state index contributed by atoms with van der Waals surface area (Å²) in [5.41, 5.74) is 3.16. The van der Waals surface area contributed by atoms with Crippen molar-refractivity contribution in [3.05, 3.63) is 101 Å². The molecule has 2 aliphatic rings. The Morgan fingerprint density at radius 2 is 1.53 bits per heavy atom. The molecule has 0 bridgehead atoms. The zero-order valence-corrected chi connectivity index (χ0v) is 20.2. The van der Waals surface area contributed by atoms with Gasteiger partial charge < -0.3 is 9.47 Å². The summed E-state index contributed by atoms with van der Waals surface area (Å²) in [6.45, 7) is 0.182. The quantitative estimate of drug-likeness (QED) is 0.332. The first-order valence-electron chi connectivity index (χ1n) is 12.2. The molecule has 2 heterocycles. The fourth-order valence-corrected chi connectivity index (χ4v) is 4.65. The summed E-state index contributed by atoms with van der Waals surface area (Å²) in [7, 11) is 1.61. The van der Waals surface area contributed by atoms with Crippen LogP contribution in [-0.2, 0) is 16.1 Å². The van der Waals surface area contributed by atoms with Crippen LogP contribution in [0, 0.1) is 0 Å². The third kappa shape index (κ3) is 5.08. The van der Waals surface area contributed by atoms with Crippen LogP contribution in [0.25, 0.3) is 12.2 Å². The fourth-order valence-electron chi connectivity index (χ4n) is 4.65. The molecule has 2 fully saturated rings. The Bertz CT molecular complexity index is 1310. The predicted molar refractivity (Wildman–Crippen MR) is 138 cm³/mol. The molecule has 2 amide bonds. The van der Waals surface area contributed by atoms with Crippen molar-refractivity contribution < 1.29 is 19.1 Å². The molecule has 36 heavy (non-hydrogen) atoms. The molecule has 1 aliphatic carbocycles. The molecule has 5 rings (SSSR count). The van der Waals surface area contributed by atoms with Gasteiger partial charge in [-0.2, -0.15) is 0 Å². The number of carbonyl (C=O) groups is 2. The van der Waals surface area contributed by atoms with E-state index in [0.29, 0.717) is 22.6 Å². The summed E-state index contributed by atoms with van der Waals surface area (Å²) >= 11 is 0. The van der Waals surface area contributed by atoms with Crippen molar-refractivity contribution in [3.63, 3.8) is 0 Å². The van der Waals surface area contributed by atoms with E-state index in [4.69, 9.17) is 9.47 Å². The number of methoxy groups -OCH3 is 1. The van der Waals surface area contributed by atoms with Gasteiger partial charge in [-0.3, -0.25) is 19.5 Å². The number of amides is 2. The second-order valence-corrected chi connectivity index (χ2v) is 9.01. The third-order valence-electron chi connectivity index (χ3n) is 6.54. The molecule has 6 heteroatoms. The van der Waals surface area contributed by atoms with E-state index in [1.807, 2.05) is 48.5 Å². The van der Waals surface area contributed by atoms with Crippen molar-refractivity contribution in [1.29, 1.82) is 0 Å². The monoisotopic (exact) mass is 480 g/mol. The lowest BCUT2D eigenvalue weighted by atomic mass is 10.0. The molecular weight excluding hydrogens is 452 g/mol. The van der Waals surface area contributed by atoms with Crippen molar-refractivity contribution in [2.24, 2.45) is 0 Å². The lowest BCUT2D eigenvalue weighted by Crippen LogP contribution is -2.29. The van der Waals surface area contributed by atoms with Gasteiger partial charge in [0.15, 0.2) is 11.5 Å². The molecule has 182 valence electrons. The summed E-state index contributed by atoms with van der Waals surface area (Å²) in [4.78, 5) is 32.2. The average Bonchev–Trinajstić information content (AvgIpc) is 3.50. The van der Waals surface area contributed by atoms with E-state index in [1.165, 1.54) is 17.7 Å². The van der Waals surface area contributed by atoms with E-state index in [0.717, 1.165) is 29.5 Å². The minimum absolute atomic E-state index is 0.182. The van der Waals surface area contributed by atoms with Gasteiger partial charge in [0.25, 0.3) is 11.8 Å². The second-order valence-electron chi connectivity index (χ2n) is 9.01. The maximum Gasteiger partial charge on any atom is 0.261 e. The number of aromatic nitrogens is 1. The Kier molecular flexibility index (Phi) is 6.94. The summed E-state index contributed by atoms with van der Waals surface area (Å²) in [5.74, 6) is 0.652. The maximum absolute atomic E-state index is 13.5. The number of pyridine rings is 1. The highest BCUT2D eigenvalue weighted by molar-refractivity contribution is 6.28. The first-order chi connectivity index (χ1) is 17.6. The molecule has 1 saturated carbocycles. The number of imide groups is 1. The molecule has 0 atom stereocenters. The normalized spacial score (nSPS) is 18.4. The number of carbonyl (C=O) groups excluding carboxylic acids is 2.